The highest BCUT2D eigenvalue weighted by Gasteiger charge is 1.91. The third kappa shape index (κ3) is 12.3. The molecule has 0 rings (SSSR count). The fourth-order valence-corrected chi connectivity index (χ4v) is 2.23. The second-order valence-corrected chi connectivity index (χ2v) is 5.55. The third-order valence-electron chi connectivity index (χ3n) is 2.69. The lowest BCUT2D eigenvalue weighted by Gasteiger charge is -2.00. The molecule has 1 heteroatoms. The summed E-state index contributed by atoms with van der Waals surface area (Å²) >= 11 is 2.46. The van der Waals surface area contributed by atoms with Gasteiger partial charge < -0.3 is 0 Å². The largest absolute Gasteiger partial charge is 0.0864 e. The van der Waals surface area contributed by atoms with Crippen molar-refractivity contribution in [2.24, 2.45) is 5.92 Å². The Kier molecular flexibility index (Phi) is 13.4. The van der Waals surface area contributed by atoms with Crippen LogP contribution < -0.4 is 0 Å². The van der Waals surface area contributed by atoms with E-state index >= 15 is 0 Å². The second-order valence-electron chi connectivity index (χ2n) is 4.47. The molecule has 0 aliphatic carbocycles. The van der Waals surface area contributed by atoms with Gasteiger partial charge in [-0.1, -0.05) is 80.0 Å². The number of halogens is 1. The molecule has 0 fully saturated rings. The summed E-state index contributed by atoms with van der Waals surface area (Å²) in [5.41, 5.74) is 0. The fraction of sp³-hybridized carbons (Fsp3) is 0.733. The third-order valence-corrected chi connectivity index (χ3v) is 3.45. The summed E-state index contributed by atoms with van der Waals surface area (Å²) in [5.74, 6) is 0.735. The Labute approximate surface area is 116 Å². The first-order valence-electron chi connectivity index (χ1n) is 6.70. The Hall–Kier alpha value is 0.210. The van der Waals surface area contributed by atoms with Gasteiger partial charge in [-0.2, -0.15) is 0 Å². The van der Waals surface area contributed by atoms with Crippen LogP contribution >= 0.6 is 22.6 Å². The van der Waals surface area contributed by atoms with Crippen molar-refractivity contribution in [3.63, 3.8) is 0 Å². The minimum Gasteiger partial charge on any atom is -0.0864 e. The number of alkyl halides is 1. The van der Waals surface area contributed by atoms with Gasteiger partial charge in [-0.05, 0) is 36.0 Å². The van der Waals surface area contributed by atoms with E-state index in [1.54, 1.807) is 0 Å². The van der Waals surface area contributed by atoms with Crippen molar-refractivity contribution in [2.75, 3.05) is 4.43 Å². The summed E-state index contributed by atoms with van der Waals surface area (Å²) in [4.78, 5) is 0. The van der Waals surface area contributed by atoms with Crippen LogP contribution in [0, 0.1) is 5.92 Å². The summed E-state index contributed by atoms with van der Waals surface area (Å²) < 4.78 is 1.31. The van der Waals surface area contributed by atoms with E-state index < -0.39 is 0 Å². The standard InChI is InChI=1S/C15H27I/c1-3-12-15(2)13-10-8-6-4-5-7-9-11-14-16/h6,8,10,13,15H,3-5,7,9,11-12,14H2,1-2H3. The summed E-state index contributed by atoms with van der Waals surface area (Å²) in [7, 11) is 0. The van der Waals surface area contributed by atoms with Crippen LogP contribution in [0.25, 0.3) is 0 Å². The molecule has 0 saturated heterocycles. The minimum atomic E-state index is 0.735. The first-order chi connectivity index (χ1) is 7.81. The van der Waals surface area contributed by atoms with Crippen molar-refractivity contribution in [1.29, 1.82) is 0 Å². The zero-order valence-electron chi connectivity index (χ0n) is 10.9. The topological polar surface area (TPSA) is 0 Å². The Morgan fingerprint density at radius 1 is 1.06 bits per heavy atom. The van der Waals surface area contributed by atoms with Gasteiger partial charge in [0.15, 0.2) is 0 Å². The number of unbranched alkanes of at least 4 members (excludes halogenated alkanes) is 4. The molecule has 0 spiro atoms. The molecule has 0 nitrogen and oxygen atoms in total. The SMILES string of the molecule is CCCC(C)C=CC=CCCCCCCI. The van der Waals surface area contributed by atoms with E-state index in [1.165, 1.54) is 49.4 Å². The zero-order chi connectivity index (χ0) is 12.1. The molecule has 0 saturated carbocycles. The van der Waals surface area contributed by atoms with Gasteiger partial charge in [0.05, 0.1) is 0 Å². The van der Waals surface area contributed by atoms with Gasteiger partial charge in [0, 0.05) is 0 Å². The van der Waals surface area contributed by atoms with Crippen LogP contribution in [0.15, 0.2) is 24.3 Å². The van der Waals surface area contributed by atoms with Crippen LogP contribution in [0.1, 0.15) is 58.8 Å². The first-order valence-corrected chi connectivity index (χ1v) is 8.23. The summed E-state index contributed by atoms with van der Waals surface area (Å²) in [6, 6.07) is 0. The highest BCUT2D eigenvalue weighted by Crippen LogP contribution is 2.07. The lowest BCUT2D eigenvalue weighted by atomic mass is 10.1. The Morgan fingerprint density at radius 3 is 2.50 bits per heavy atom. The van der Waals surface area contributed by atoms with Gasteiger partial charge in [-0.15, -0.1) is 0 Å². The Bertz CT molecular complexity index is 182. The van der Waals surface area contributed by atoms with Gasteiger partial charge in [-0.3, -0.25) is 0 Å². The number of allylic oxidation sites excluding steroid dienone is 4. The smallest absolute Gasteiger partial charge is 0.000473 e. The van der Waals surface area contributed by atoms with Gasteiger partial charge in [-0.25, -0.2) is 0 Å². The highest BCUT2D eigenvalue weighted by atomic mass is 127. The highest BCUT2D eigenvalue weighted by molar-refractivity contribution is 14.1. The van der Waals surface area contributed by atoms with Crippen LogP contribution in [-0.4, -0.2) is 4.43 Å². The molecule has 16 heavy (non-hydrogen) atoms. The average molecular weight is 334 g/mol. The molecule has 0 bridgehead atoms. The monoisotopic (exact) mass is 334 g/mol. The van der Waals surface area contributed by atoms with Crippen LogP contribution in [0.4, 0.5) is 0 Å². The van der Waals surface area contributed by atoms with Gasteiger partial charge in [0.25, 0.3) is 0 Å². The molecule has 0 amide bonds. The summed E-state index contributed by atoms with van der Waals surface area (Å²) in [6.07, 6.45) is 18.4. The molecule has 0 radical (unpaired) electrons. The van der Waals surface area contributed by atoms with E-state index in [1.807, 2.05) is 0 Å². The maximum absolute atomic E-state index is 2.46. The Balaban J connectivity index is 3.33. The number of rotatable bonds is 10. The molecular formula is C15H27I. The molecule has 0 aromatic heterocycles. The van der Waals surface area contributed by atoms with Crippen LogP contribution in [-0.2, 0) is 0 Å². The molecule has 0 N–H and O–H groups in total. The van der Waals surface area contributed by atoms with Crippen LogP contribution in [0.3, 0.4) is 0 Å². The fourth-order valence-electron chi connectivity index (χ4n) is 1.69. The predicted octanol–water partition coefficient (Wildman–Crippen LogP) is 5.92. The lowest BCUT2D eigenvalue weighted by Crippen LogP contribution is -1.86. The molecule has 0 aliphatic heterocycles. The van der Waals surface area contributed by atoms with E-state index in [9.17, 15) is 0 Å². The molecular weight excluding hydrogens is 307 g/mol. The summed E-state index contributed by atoms with van der Waals surface area (Å²) in [5, 5.41) is 0. The van der Waals surface area contributed by atoms with Crippen molar-refractivity contribution in [3.8, 4) is 0 Å². The maximum Gasteiger partial charge on any atom is -0.000473 e. The van der Waals surface area contributed by atoms with Crippen molar-refractivity contribution in [3.05, 3.63) is 24.3 Å². The van der Waals surface area contributed by atoms with Crippen molar-refractivity contribution in [1.82, 2.24) is 0 Å². The summed E-state index contributed by atoms with van der Waals surface area (Å²) in [6.45, 7) is 4.54. The van der Waals surface area contributed by atoms with Crippen molar-refractivity contribution in [2.45, 2.75) is 58.8 Å². The second kappa shape index (κ2) is 13.3. The van der Waals surface area contributed by atoms with E-state index in [2.05, 4.69) is 60.7 Å². The normalized spacial score (nSPS) is 13.9. The molecule has 0 heterocycles. The predicted molar refractivity (Wildman–Crippen MR) is 84.3 cm³/mol. The van der Waals surface area contributed by atoms with Crippen LogP contribution in [0.2, 0.25) is 0 Å². The van der Waals surface area contributed by atoms with Gasteiger partial charge in [0.2, 0.25) is 0 Å². The van der Waals surface area contributed by atoms with Crippen LogP contribution in [0.5, 0.6) is 0 Å². The first kappa shape index (κ1) is 16.2. The van der Waals surface area contributed by atoms with Crippen molar-refractivity contribution >= 4 is 22.6 Å². The maximum atomic E-state index is 2.46. The molecule has 0 aromatic rings. The van der Waals surface area contributed by atoms with E-state index in [-0.39, 0.29) is 0 Å². The quantitative estimate of drug-likeness (QED) is 0.201. The molecule has 0 aliphatic rings. The molecule has 94 valence electrons. The molecule has 1 unspecified atom stereocenters. The van der Waals surface area contributed by atoms with E-state index in [0.29, 0.717) is 0 Å². The van der Waals surface area contributed by atoms with E-state index in [4.69, 9.17) is 0 Å². The molecule has 1 atom stereocenters. The number of hydrogen-bond donors (Lipinski definition) is 0. The van der Waals surface area contributed by atoms with E-state index in [0.717, 1.165) is 5.92 Å². The molecule has 0 aromatic carbocycles. The Morgan fingerprint density at radius 2 is 1.81 bits per heavy atom. The minimum absolute atomic E-state index is 0.735. The zero-order valence-corrected chi connectivity index (χ0v) is 13.1. The van der Waals surface area contributed by atoms with Gasteiger partial charge >= 0.3 is 0 Å². The van der Waals surface area contributed by atoms with Crippen molar-refractivity contribution < 1.29 is 0 Å². The van der Waals surface area contributed by atoms with Gasteiger partial charge in [0.1, 0.15) is 0 Å². The lowest BCUT2D eigenvalue weighted by molar-refractivity contribution is 0.634. The average Bonchev–Trinajstić information content (AvgIpc) is 2.27. The number of hydrogen-bond acceptors (Lipinski definition) is 0.